The van der Waals surface area contributed by atoms with Crippen LogP contribution in [0.5, 0.6) is 0 Å². The Bertz CT molecular complexity index is 540. The van der Waals surface area contributed by atoms with Crippen molar-refractivity contribution in [2.45, 2.75) is 13.5 Å². The zero-order chi connectivity index (χ0) is 12.4. The number of hydrogen-bond donors (Lipinski definition) is 1. The molecule has 2 heterocycles. The lowest BCUT2D eigenvalue weighted by Crippen LogP contribution is -2.24. The number of nitrogens with one attached hydrogen (secondary N) is 1. The Morgan fingerprint density at radius 1 is 1.47 bits per heavy atom. The summed E-state index contributed by atoms with van der Waals surface area (Å²) in [5.74, 6) is 0.693. The van der Waals surface area contributed by atoms with Gasteiger partial charge in [-0.15, -0.1) is 0 Å². The first-order valence-electron chi connectivity index (χ1n) is 5.32. The van der Waals surface area contributed by atoms with Crippen molar-refractivity contribution in [3.63, 3.8) is 0 Å². The number of carbonyl (C=O) groups is 1. The predicted molar refractivity (Wildman–Crippen MR) is 62.3 cm³/mol. The number of rotatable bonds is 3. The summed E-state index contributed by atoms with van der Waals surface area (Å²) in [6.07, 6.45) is 5.12. The van der Waals surface area contributed by atoms with Gasteiger partial charge in [0.1, 0.15) is 5.82 Å². The van der Waals surface area contributed by atoms with Crippen LogP contribution in [0.1, 0.15) is 21.9 Å². The highest BCUT2D eigenvalue weighted by Gasteiger charge is 2.12. The van der Waals surface area contributed by atoms with Crippen LogP contribution in [0.2, 0.25) is 0 Å². The molecule has 0 bridgehead atoms. The van der Waals surface area contributed by atoms with Crippen LogP contribution in [0, 0.1) is 6.92 Å². The van der Waals surface area contributed by atoms with Crippen molar-refractivity contribution in [3.8, 4) is 0 Å². The molecule has 90 valence electrons. The summed E-state index contributed by atoms with van der Waals surface area (Å²) < 4.78 is 3.55. The molecule has 0 radical (unpaired) electrons. The summed E-state index contributed by atoms with van der Waals surface area (Å²) >= 11 is 0. The first-order valence-corrected chi connectivity index (χ1v) is 5.32. The predicted octanol–water partition coefficient (Wildman–Crippen LogP) is 0.392. The Morgan fingerprint density at radius 3 is 2.76 bits per heavy atom. The summed E-state index contributed by atoms with van der Waals surface area (Å²) in [6, 6.07) is 0. The molecule has 0 aliphatic rings. The third kappa shape index (κ3) is 2.20. The molecule has 0 saturated carbocycles. The maximum atomic E-state index is 11.9. The Balaban J connectivity index is 2.03. The normalized spacial score (nSPS) is 10.5. The monoisotopic (exact) mass is 233 g/mol. The number of carbonyl (C=O) groups excluding carboxylic acids is 1. The highest BCUT2D eigenvalue weighted by atomic mass is 16.1. The Kier molecular flexibility index (Phi) is 2.95. The van der Waals surface area contributed by atoms with Gasteiger partial charge in [-0.3, -0.25) is 9.48 Å². The number of hydrogen-bond acceptors (Lipinski definition) is 3. The summed E-state index contributed by atoms with van der Waals surface area (Å²) in [5, 5.41) is 6.86. The van der Waals surface area contributed by atoms with E-state index in [0.717, 1.165) is 11.5 Å². The van der Waals surface area contributed by atoms with E-state index in [2.05, 4.69) is 15.4 Å². The van der Waals surface area contributed by atoms with Crippen molar-refractivity contribution in [3.05, 3.63) is 35.7 Å². The molecule has 0 fully saturated rings. The summed E-state index contributed by atoms with van der Waals surface area (Å²) in [7, 11) is 3.70. The molecule has 17 heavy (non-hydrogen) atoms. The Labute approximate surface area is 99.3 Å². The van der Waals surface area contributed by atoms with E-state index in [9.17, 15) is 4.79 Å². The Hall–Kier alpha value is -2.11. The van der Waals surface area contributed by atoms with Gasteiger partial charge in [-0.05, 0) is 6.92 Å². The minimum absolute atomic E-state index is 0.126. The zero-order valence-electron chi connectivity index (χ0n) is 10.1. The molecule has 0 aromatic carbocycles. The maximum absolute atomic E-state index is 11.9. The van der Waals surface area contributed by atoms with Crippen molar-refractivity contribution < 1.29 is 4.79 Å². The average Bonchev–Trinajstić information content (AvgIpc) is 2.84. The van der Waals surface area contributed by atoms with Crippen LogP contribution in [0.4, 0.5) is 0 Å². The molecule has 0 aliphatic carbocycles. The minimum Gasteiger partial charge on any atom is -0.345 e. The molecule has 2 rings (SSSR count). The molecular formula is C11H15N5O. The van der Waals surface area contributed by atoms with E-state index in [4.69, 9.17) is 0 Å². The molecule has 0 unspecified atom stereocenters. The lowest BCUT2D eigenvalue weighted by Gasteiger charge is -2.04. The van der Waals surface area contributed by atoms with Crippen molar-refractivity contribution >= 4 is 5.91 Å². The quantitative estimate of drug-likeness (QED) is 0.834. The van der Waals surface area contributed by atoms with Gasteiger partial charge in [0, 0.05) is 32.2 Å². The standard InChI is InChI=1S/C11H15N5O/c1-8-9(6-14-16(8)3)11(17)13-7-10-12-4-5-15(10)2/h4-6H,7H2,1-3H3,(H,13,17). The largest absolute Gasteiger partial charge is 0.345 e. The van der Waals surface area contributed by atoms with Crippen LogP contribution < -0.4 is 5.32 Å². The van der Waals surface area contributed by atoms with Crippen LogP contribution in [-0.4, -0.2) is 25.2 Å². The smallest absolute Gasteiger partial charge is 0.255 e. The highest BCUT2D eigenvalue weighted by Crippen LogP contribution is 2.05. The van der Waals surface area contributed by atoms with Crippen molar-refractivity contribution in [1.82, 2.24) is 24.6 Å². The molecule has 1 amide bonds. The topological polar surface area (TPSA) is 64.7 Å². The van der Waals surface area contributed by atoms with Crippen LogP contribution in [0.25, 0.3) is 0 Å². The molecule has 6 nitrogen and oxygen atoms in total. The van der Waals surface area contributed by atoms with E-state index in [0.29, 0.717) is 12.1 Å². The zero-order valence-corrected chi connectivity index (χ0v) is 10.1. The fraction of sp³-hybridized carbons (Fsp3) is 0.364. The van der Waals surface area contributed by atoms with Gasteiger partial charge in [-0.2, -0.15) is 5.10 Å². The molecule has 0 atom stereocenters. The fourth-order valence-electron chi connectivity index (χ4n) is 1.54. The first kappa shape index (κ1) is 11.4. The summed E-state index contributed by atoms with van der Waals surface area (Å²) in [4.78, 5) is 16.0. The van der Waals surface area contributed by atoms with Gasteiger partial charge < -0.3 is 9.88 Å². The molecule has 0 aliphatic heterocycles. The van der Waals surface area contributed by atoms with Gasteiger partial charge in [-0.25, -0.2) is 4.98 Å². The number of amides is 1. The van der Waals surface area contributed by atoms with E-state index in [1.54, 1.807) is 17.1 Å². The molecule has 2 aromatic rings. The molecule has 0 saturated heterocycles. The van der Waals surface area contributed by atoms with E-state index in [1.807, 2.05) is 31.8 Å². The van der Waals surface area contributed by atoms with Crippen molar-refractivity contribution in [1.29, 1.82) is 0 Å². The lowest BCUT2D eigenvalue weighted by molar-refractivity contribution is 0.0949. The van der Waals surface area contributed by atoms with Gasteiger partial charge in [0.15, 0.2) is 0 Å². The molecule has 1 N–H and O–H groups in total. The second-order valence-electron chi connectivity index (χ2n) is 3.90. The second-order valence-corrected chi connectivity index (χ2v) is 3.90. The number of imidazole rings is 1. The minimum atomic E-state index is -0.126. The number of aryl methyl sites for hydroxylation is 2. The summed E-state index contributed by atoms with van der Waals surface area (Å²) in [6.45, 7) is 2.28. The maximum Gasteiger partial charge on any atom is 0.255 e. The third-order valence-corrected chi connectivity index (χ3v) is 2.81. The first-order chi connectivity index (χ1) is 8.09. The van der Waals surface area contributed by atoms with E-state index in [-0.39, 0.29) is 5.91 Å². The Morgan fingerprint density at radius 2 is 2.24 bits per heavy atom. The summed E-state index contributed by atoms with van der Waals surface area (Å²) in [5.41, 5.74) is 1.45. The number of nitrogens with zero attached hydrogens (tertiary/aromatic N) is 4. The molecule has 6 heteroatoms. The molecule has 2 aromatic heterocycles. The van der Waals surface area contributed by atoms with Gasteiger partial charge in [0.2, 0.25) is 0 Å². The van der Waals surface area contributed by atoms with Gasteiger partial charge in [-0.1, -0.05) is 0 Å². The fourth-order valence-corrected chi connectivity index (χ4v) is 1.54. The van der Waals surface area contributed by atoms with Crippen LogP contribution in [-0.2, 0) is 20.6 Å². The van der Waals surface area contributed by atoms with Gasteiger partial charge >= 0.3 is 0 Å². The van der Waals surface area contributed by atoms with Crippen LogP contribution in [0.15, 0.2) is 18.6 Å². The van der Waals surface area contributed by atoms with Crippen LogP contribution >= 0.6 is 0 Å². The number of aromatic nitrogens is 4. The van der Waals surface area contributed by atoms with Crippen LogP contribution in [0.3, 0.4) is 0 Å². The third-order valence-electron chi connectivity index (χ3n) is 2.81. The van der Waals surface area contributed by atoms with Gasteiger partial charge in [0.05, 0.1) is 18.3 Å². The second kappa shape index (κ2) is 4.40. The van der Waals surface area contributed by atoms with E-state index < -0.39 is 0 Å². The van der Waals surface area contributed by atoms with Crippen molar-refractivity contribution in [2.75, 3.05) is 0 Å². The molecular weight excluding hydrogens is 218 g/mol. The van der Waals surface area contributed by atoms with E-state index >= 15 is 0 Å². The average molecular weight is 233 g/mol. The SMILES string of the molecule is Cc1c(C(=O)NCc2nccn2C)cnn1C. The molecule has 0 spiro atoms. The van der Waals surface area contributed by atoms with E-state index in [1.165, 1.54) is 0 Å². The highest BCUT2D eigenvalue weighted by molar-refractivity contribution is 5.94. The lowest BCUT2D eigenvalue weighted by atomic mass is 10.2. The van der Waals surface area contributed by atoms with Gasteiger partial charge in [0.25, 0.3) is 5.91 Å². The van der Waals surface area contributed by atoms with Crippen molar-refractivity contribution in [2.24, 2.45) is 14.1 Å².